The average Bonchev–Trinajstić information content (AvgIpc) is 2.53. The molecule has 0 spiro atoms. The molecule has 1 N–H and O–H groups in total. The van der Waals surface area contributed by atoms with Crippen LogP contribution >= 0.6 is 0 Å². The highest BCUT2D eigenvalue weighted by Gasteiger charge is 2.15. The van der Waals surface area contributed by atoms with Crippen LogP contribution < -0.4 is 0 Å². The van der Waals surface area contributed by atoms with E-state index in [1.54, 1.807) is 19.1 Å². The number of ether oxygens (including phenoxy) is 1. The average molecular weight is 283 g/mol. The van der Waals surface area contributed by atoms with Crippen LogP contribution in [0.5, 0.6) is 0 Å². The second kappa shape index (κ2) is 6.31. The van der Waals surface area contributed by atoms with Gasteiger partial charge in [-0.2, -0.15) is 0 Å². The fourth-order valence-electron chi connectivity index (χ4n) is 2.31. The minimum absolute atomic E-state index is 0.0912. The molecule has 0 fully saturated rings. The highest BCUT2D eigenvalue weighted by atomic mass is 16.5. The van der Waals surface area contributed by atoms with E-state index in [0.717, 1.165) is 16.3 Å². The second-order valence-electron chi connectivity index (χ2n) is 4.74. The van der Waals surface area contributed by atoms with Crippen molar-refractivity contribution >= 4 is 28.2 Å². The molecule has 21 heavy (non-hydrogen) atoms. The Hall–Kier alpha value is -2.49. The van der Waals surface area contributed by atoms with E-state index < -0.39 is 5.97 Å². The lowest BCUT2D eigenvalue weighted by molar-refractivity contribution is -0.112. The van der Waals surface area contributed by atoms with Crippen molar-refractivity contribution in [2.24, 2.45) is 0 Å². The molecule has 0 aliphatic carbocycles. The molecule has 2 aromatic carbocycles. The largest absolute Gasteiger partial charge is 0.465 e. The summed E-state index contributed by atoms with van der Waals surface area (Å²) in [6.07, 6.45) is 0.603. The first-order valence-corrected chi connectivity index (χ1v) is 6.78. The summed E-state index contributed by atoms with van der Waals surface area (Å²) in [6, 6.07) is 10.9. The van der Waals surface area contributed by atoms with Gasteiger partial charge in [-0.25, -0.2) is 4.79 Å². The monoisotopic (exact) mass is 283 g/mol. The van der Waals surface area contributed by atoms with Crippen LogP contribution in [-0.2, 0) is 16.0 Å². The minimum atomic E-state index is -0.391. The summed E-state index contributed by atoms with van der Waals surface area (Å²) in [5, 5.41) is 9.49. The molecule has 2 aromatic rings. The number of carbonyl (C=O) groups is 2. The second-order valence-corrected chi connectivity index (χ2v) is 4.74. The number of hydrogen-bond acceptors (Lipinski definition) is 4. The van der Waals surface area contributed by atoms with Gasteiger partial charge in [0.1, 0.15) is 0 Å². The Kier molecular flexibility index (Phi) is 4.48. The fourth-order valence-corrected chi connectivity index (χ4v) is 2.31. The number of nitrogens with one attached hydrogen (secondary N) is 1. The Morgan fingerprint density at radius 1 is 1.10 bits per heavy atom. The maximum absolute atomic E-state index is 11.8. The molecule has 4 nitrogen and oxygen atoms in total. The number of hydrogen-bond donors (Lipinski definition) is 1. The summed E-state index contributed by atoms with van der Waals surface area (Å²) >= 11 is 0. The molecule has 0 bridgehead atoms. The predicted octanol–water partition coefficient (Wildman–Crippen LogP) is 3.17. The zero-order chi connectivity index (χ0) is 15.4. The topological polar surface area (TPSA) is 67.2 Å². The lowest BCUT2D eigenvalue weighted by atomic mass is 9.95. The van der Waals surface area contributed by atoms with Crippen molar-refractivity contribution in [1.29, 1.82) is 5.41 Å². The molecule has 0 aromatic heterocycles. The standard InChI is InChI=1S/C17H17NO3/c1-3-16(19)15(18)10-11-8-9-14(17(20)21-2)13-7-5-4-6-12(11)13/h4-9,18H,3,10H2,1-2H3. The first-order valence-electron chi connectivity index (χ1n) is 6.78. The number of benzene rings is 2. The van der Waals surface area contributed by atoms with E-state index >= 15 is 0 Å². The van der Waals surface area contributed by atoms with E-state index in [-0.39, 0.29) is 17.9 Å². The number of carbonyl (C=O) groups excluding carboxylic acids is 2. The van der Waals surface area contributed by atoms with Crippen molar-refractivity contribution in [1.82, 2.24) is 0 Å². The number of fused-ring (bicyclic) bond motifs is 1. The van der Waals surface area contributed by atoms with Gasteiger partial charge < -0.3 is 10.1 Å². The van der Waals surface area contributed by atoms with Gasteiger partial charge in [0.15, 0.2) is 5.78 Å². The van der Waals surface area contributed by atoms with E-state index in [9.17, 15) is 9.59 Å². The summed E-state index contributed by atoms with van der Waals surface area (Å²) < 4.78 is 4.79. The zero-order valence-electron chi connectivity index (χ0n) is 12.1. The van der Waals surface area contributed by atoms with E-state index in [4.69, 9.17) is 10.1 Å². The normalized spacial score (nSPS) is 10.4. The Labute approximate surface area is 123 Å². The molecular formula is C17H17NO3. The molecule has 0 aliphatic rings. The van der Waals surface area contributed by atoms with Gasteiger partial charge in [-0.1, -0.05) is 37.3 Å². The van der Waals surface area contributed by atoms with Crippen molar-refractivity contribution in [2.75, 3.05) is 7.11 Å². The van der Waals surface area contributed by atoms with Crippen LogP contribution in [0.15, 0.2) is 36.4 Å². The summed E-state index contributed by atoms with van der Waals surface area (Å²) in [4.78, 5) is 23.4. The van der Waals surface area contributed by atoms with Gasteiger partial charge in [-0.3, -0.25) is 4.79 Å². The molecule has 0 aliphatic heterocycles. The highest BCUT2D eigenvalue weighted by Crippen LogP contribution is 2.24. The van der Waals surface area contributed by atoms with Crippen LogP contribution in [-0.4, -0.2) is 24.6 Å². The summed E-state index contributed by atoms with van der Waals surface area (Å²) in [5.41, 5.74) is 1.45. The van der Waals surface area contributed by atoms with E-state index in [2.05, 4.69) is 0 Å². The molecule has 108 valence electrons. The van der Waals surface area contributed by atoms with Gasteiger partial charge >= 0.3 is 5.97 Å². The SMILES string of the molecule is CCC(=O)C(=N)Cc1ccc(C(=O)OC)c2ccccc12. The maximum Gasteiger partial charge on any atom is 0.338 e. The van der Waals surface area contributed by atoms with Gasteiger partial charge in [-0.15, -0.1) is 0 Å². The first kappa shape index (κ1) is 14.9. The van der Waals surface area contributed by atoms with E-state index in [1.165, 1.54) is 7.11 Å². The van der Waals surface area contributed by atoms with Crippen molar-refractivity contribution in [3.05, 3.63) is 47.5 Å². The molecule has 4 heteroatoms. The molecule has 0 amide bonds. The van der Waals surface area contributed by atoms with Gasteiger partial charge in [-0.05, 0) is 22.4 Å². The molecule has 0 atom stereocenters. The van der Waals surface area contributed by atoms with E-state index in [1.807, 2.05) is 24.3 Å². The Balaban J connectivity index is 2.50. The smallest absolute Gasteiger partial charge is 0.338 e. The number of rotatable bonds is 5. The van der Waals surface area contributed by atoms with E-state index in [0.29, 0.717) is 12.0 Å². The predicted molar refractivity (Wildman–Crippen MR) is 82.0 cm³/mol. The number of esters is 1. The van der Waals surface area contributed by atoms with Crippen LogP contribution in [0.25, 0.3) is 10.8 Å². The Morgan fingerprint density at radius 3 is 2.38 bits per heavy atom. The molecule has 2 rings (SSSR count). The van der Waals surface area contributed by atoms with Gasteiger partial charge in [0.2, 0.25) is 0 Å². The van der Waals surface area contributed by atoms with Crippen molar-refractivity contribution in [3.8, 4) is 0 Å². The summed E-state index contributed by atoms with van der Waals surface area (Å²) in [6.45, 7) is 1.75. The molecule has 0 heterocycles. The van der Waals surface area contributed by atoms with Crippen LogP contribution in [0.1, 0.15) is 29.3 Å². The third kappa shape index (κ3) is 2.99. The van der Waals surface area contributed by atoms with Crippen molar-refractivity contribution < 1.29 is 14.3 Å². The number of Topliss-reactive ketones (excluding diaryl/α,β-unsaturated/α-hetero) is 1. The third-order valence-electron chi connectivity index (χ3n) is 3.44. The molecule has 0 saturated heterocycles. The molecular weight excluding hydrogens is 266 g/mol. The summed E-state index contributed by atoms with van der Waals surface area (Å²) in [7, 11) is 1.35. The molecule has 0 unspecified atom stereocenters. The third-order valence-corrected chi connectivity index (χ3v) is 3.44. The van der Waals surface area contributed by atoms with Crippen molar-refractivity contribution in [2.45, 2.75) is 19.8 Å². The van der Waals surface area contributed by atoms with Crippen LogP contribution in [0.3, 0.4) is 0 Å². The molecule has 0 saturated carbocycles. The summed E-state index contributed by atoms with van der Waals surface area (Å²) in [5.74, 6) is -0.548. The fraction of sp³-hybridized carbons (Fsp3) is 0.235. The maximum atomic E-state index is 11.8. The Bertz CT molecular complexity index is 719. The van der Waals surface area contributed by atoms with Gasteiger partial charge in [0.05, 0.1) is 18.4 Å². The Morgan fingerprint density at radius 2 is 1.76 bits per heavy atom. The van der Waals surface area contributed by atoms with Crippen LogP contribution in [0.4, 0.5) is 0 Å². The van der Waals surface area contributed by atoms with Crippen molar-refractivity contribution in [3.63, 3.8) is 0 Å². The minimum Gasteiger partial charge on any atom is -0.465 e. The lowest BCUT2D eigenvalue weighted by Gasteiger charge is -2.10. The lowest BCUT2D eigenvalue weighted by Crippen LogP contribution is -2.14. The van der Waals surface area contributed by atoms with Gasteiger partial charge in [0, 0.05) is 12.8 Å². The van der Waals surface area contributed by atoms with Crippen LogP contribution in [0, 0.1) is 5.41 Å². The van der Waals surface area contributed by atoms with Gasteiger partial charge in [0.25, 0.3) is 0 Å². The zero-order valence-corrected chi connectivity index (χ0v) is 12.1. The number of ketones is 1. The quantitative estimate of drug-likeness (QED) is 0.677. The number of methoxy groups -OCH3 is 1. The van der Waals surface area contributed by atoms with Crippen LogP contribution in [0.2, 0.25) is 0 Å². The highest BCUT2D eigenvalue weighted by molar-refractivity contribution is 6.39. The first-order chi connectivity index (χ1) is 10.1. The molecule has 0 radical (unpaired) electrons.